The summed E-state index contributed by atoms with van der Waals surface area (Å²) in [6, 6.07) is 14.3. The first-order chi connectivity index (χ1) is 15.0. The summed E-state index contributed by atoms with van der Waals surface area (Å²) in [5.74, 6) is -0.0655. The van der Waals surface area contributed by atoms with Gasteiger partial charge in [-0.15, -0.1) is 0 Å². The monoisotopic (exact) mass is 419 g/mol. The van der Waals surface area contributed by atoms with Crippen LogP contribution >= 0.6 is 0 Å². The normalized spacial score (nSPS) is 16.8. The van der Waals surface area contributed by atoms with E-state index < -0.39 is 0 Å². The van der Waals surface area contributed by atoms with Gasteiger partial charge in [-0.2, -0.15) is 20.1 Å². The number of hydrogen-bond acceptors (Lipinski definition) is 5. The molecule has 2 atom stereocenters. The molecule has 2 heterocycles. The van der Waals surface area contributed by atoms with Crippen LogP contribution in [0.3, 0.4) is 0 Å². The van der Waals surface area contributed by atoms with E-state index in [1.54, 1.807) is 17.3 Å². The van der Waals surface area contributed by atoms with E-state index in [9.17, 15) is 4.79 Å². The van der Waals surface area contributed by atoms with Gasteiger partial charge < -0.3 is 4.90 Å². The SMILES string of the molecule is CCC(CON1Cc2ccccc2C1C)N(C)C(=O)c1cc(C)ccc1-n1nccn1. The highest BCUT2D eigenvalue weighted by Gasteiger charge is 2.29. The van der Waals surface area contributed by atoms with Crippen molar-refractivity contribution in [1.82, 2.24) is 25.0 Å². The molecule has 7 nitrogen and oxygen atoms in total. The van der Waals surface area contributed by atoms with Crippen LogP contribution in [0.4, 0.5) is 0 Å². The third-order valence-corrected chi connectivity index (χ3v) is 6.05. The maximum absolute atomic E-state index is 13.4. The van der Waals surface area contributed by atoms with Crippen molar-refractivity contribution in [3.63, 3.8) is 0 Å². The summed E-state index contributed by atoms with van der Waals surface area (Å²) in [5, 5.41) is 10.4. The highest BCUT2D eigenvalue weighted by molar-refractivity contribution is 5.98. The van der Waals surface area contributed by atoms with Gasteiger partial charge in [-0.25, -0.2) is 0 Å². The summed E-state index contributed by atoms with van der Waals surface area (Å²) >= 11 is 0. The molecule has 0 aliphatic carbocycles. The van der Waals surface area contributed by atoms with Gasteiger partial charge >= 0.3 is 0 Å². The molecule has 7 heteroatoms. The molecule has 1 aliphatic heterocycles. The first-order valence-electron chi connectivity index (χ1n) is 10.7. The zero-order valence-electron chi connectivity index (χ0n) is 18.5. The summed E-state index contributed by atoms with van der Waals surface area (Å²) in [5.41, 5.74) is 4.87. The molecule has 2 aromatic carbocycles. The van der Waals surface area contributed by atoms with Gasteiger partial charge in [0.2, 0.25) is 0 Å². The summed E-state index contributed by atoms with van der Waals surface area (Å²) in [6.07, 6.45) is 4.00. The number of carbonyl (C=O) groups is 1. The second kappa shape index (κ2) is 8.99. The molecule has 0 saturated carbocycles. The lowest BCUT2D eigenvalue weighted by Gasteiger charge is -2.30. The Hall–Kier alpha value is -3.03. The van der Waals surface area contributed by atoms with Gasteiger partial charge in [-0.3, -0.25) is 9.63 Å². The number of hydroxylamine groups is 2. The third kappa shape index (κ3) is 4.24. The van der Waals surface area contributed by atoms with Gasteiger partial charge in [0.05, 0.1) is 48.9 Å². The summed E-state index contributed by atoms with van der Waals surface area (Å²) in [4.78, 5) is 22.9. The van der Waals surface area contributed by atoms with Gasteiger partial charge in [-0.05, 0) is 43.5 Å². The van der Waals surface area contributed by atoms with Crippen molar-refractivity contribution < 1.29 is 9.63 Å². The smallest absolute Gasteiger partial charge is 0.256 e. The van der Waals surface area contributed by atoms with Crippen molar-refractivity contribution in [2.45, 2.75) is 45.8 Å². The molecule has 4 rings (SSSR count). The fraction of sp³-hybridized carbons (Fsp3) is 0.375. The number of likely N-dealkylation sites (N-methyl/N-ethyl adjacent to an activating group) is 1. The number of amides is 1. The Balaban J connectivity index is 1.48. The number of aryl methyl sites for hydroxylation is 1. The van der Waals surface area contributed by atoms with Gasteiger partial charge in [0.1, 0.15) is 0 Å². The molecule has 0 radical (unpaired) electrons. The van der Waals surface area contributed by atoms with Crippen LogP contribution in [0.5, 0.6) is 0 Å². The van der Waals surface area contributed by atoms with Gasteiger partial charge in [0, 0.05) is 7.05 Å². The van der Waals surface area contributed by atoms with Crippen molar-refractivity contribution in [1.29, 1.82) is 0 Å². The minimum absolute atomic E-state index is 0.0534. The van der Waals surface area contributed by atoms with E-state index in [-0.39, 0.29) is 18.0 Å². The quantitative estimate of drug-likeness (QED) is 0.581. The molecule has 162 valence electrons. The van der Waals surface area contributed by atoms with Crippen LogP contribution in [0.2, 0.25) is 0 Å². The molecule has 0 N–H and O–H groups in total. The molecule has 0 spiro atoms. The second-order valence-corrected chi connectivity index (χ2v) is 8.06. The third-order valence-electron chi connectivity index (χ3n) is 6.05. The average Bonchev–Trinajstić information content (AvgIpc) is 3.42. The van der Waals surface area contributed by atoms with Gasteiger partial charge in [-0.1, -0.05) is 42.8 Å². The maximum atomic E-state index is 13.4. The first-order valence-corrected chi connectivity index (χ1v) is 10.7. The minimum Gasteiger partial charge on any atom is -0.336 e. The van der Waals surface area contributed by atoms with Crippen LogP contribution in [0.1, 0.15) is 53.4 Å². The van der Waals surface area contributed by atoms with Crippen LogP contribution < -0.4 is 0 Å². The highest BCUT2D eigenvalue weighted by atomic mass is 16.7. The number of benzene rings is 2. The molecule has 1 aromatic heterocycles. The summed E-state index contributed by atoms with van der Waals surface area (Å²) in [7, 11) is 1.84. The molecule has 0 saturated heterocycles. The van der Waals surface area contributed by atoms with Crippen LogP contribution in [0.25, 0.3) is 5.69 Å². The van der Waals surface area contributed by atoms with Crippen molar-refractivity contribution in [2.75, 3.05) is 13.7 Å². The van der Waals surface area contributed by atoms with Crippen molar-refractivity contribution in [2.24, 2.45) is 0 Å². The lowest BCUT2D eigenvalue weighted by Crippen LogP contribution is -2.41. The first kappa shape index (κ1) is 21.2. The standard InChI is InChI=1S/C24H29N5O2/c1-5-20(16-31-28-15-19-8-6-7-9-21(19)18(28)3)27(4)24(30)22-14-17(2)10-11-23(22)29-25-12-13-26-29/h6-14,18,20H,5,15-16H2,1-4H3. The summed E-state index contributed by atoms with van der Waals surface area (Å²) < 4.78 is 0. The Morgan fingerprint density at radius 2 is 1.97 bits per heavy atom. The second-order valence-electron chi connectivity index (χ2n) is 8.06. The van der Waals surface area contributed by atoms with Crippen molar-refractivity contribution >= 4 is 5.91 Å². The number of hydrogen-bond donors (Lipinski definition) is 0. The molecule has 3 aromatic rings. The Kier molecular flexibility index (Phi) is 6.15. The molecular weight excluding hydrogens is 390 g/mol. The maximum Gasteiger partial charge on any atom is 0.256 e. The average molecular weight is 420 g/mol. The molecule has 31 heavy (non-hydrogen) atoms. The predicted octanol–water partition coefficient (Wildman–Crippen LogP) is 3.93. The molecule has 2 unspecified atom stereocenters. The van der Waals surface area contributed by atoms with E-state index in [0.717, 1.165) is 18.5 Å². The Labute approximate surface area is 183 Å². The van der Waals surface area contributed by atoms with Crippen LogP contribution in [0.15, 0.2) is 54.9 Å². The number of rotatable bonds is 7. The van der Waals surface area contributed by atoms with Gasteiger partial charge in [0.25, 0.3) is 5.91 Å². The number of carbonyl (C=O) groups excluding carboxylic acids is 1. The van der Waals surface area contributed by atoms with Crippen LogP contribution in [-0.4, -0.2) is 50.6 Å². The summed E-state index contributed by atoms with van der Waals surface area (Å²) in [6.45, 7) is 7.41. The zero-order valence-corrected chi connectivity index (χ0v) is 18.5. The minimum atomic E-state index is -0.0655. The molecular formula is C24H29N5O2. The number of fused-ring (bicyclic) bond motifs is 1. The van der Waals surface area contributed by atoms with Crippen molar-refractivity contribution in [3.8, 4) is 5.69 Å². The Bertz CT molecular complexity index is 1050. The zero-order chi connectivity index (χ0) is 22.0. The van der Waals surface area contributed by atoms with E-state index in [0.29, 0.717) is 17.9 Å². The fourth-order valence-corrected chi connectivity index (χ4v) is 4.08. The number of aromatic nitrogens is 3. The lowest BCUT2D eigenvalue weighted by molar-refractivity contribution is -0.192. The van der Waals surface area contributed by atoms with E-state index in [1.807, 2.05) is 37.2 Å². The lowest BCUT2D eigenvalue weighted by atomic mass is 10.1. The van der Waals surface area contributed by atoms with E-state index in [2.05, 4.69) is 48.3 Å². The largest absolute Gasteiger partial charge is 0.336 e. The van der Waals surface area contributed by atoms with Crippen LogP contribution in [0, 0.1) is 6.92 Å². The Morgan fingerprint density at radius 1 is 1.23 bits per heavy atom. The molecule has 1 aliphatic rings. The van der Waals surface area contributed by atoms with Gasteiger partial charge in [0.15, 0.2) is 0 Å². The molecule has 1 amide bonds. The molecule has 0 fully saturated rings. The van der Waals surface area contributed by atoms with E-state index in [4.69, 9.17) is 4.84 Å². The Morgan fingerprint density at radius 3 is 2.68 bits per heavy atom. The number of nitrogens with zero attached hydrogens (tertiary/aromatic N) is 5. The predicted molar refractivity (Wildman–Crippen MR) is 119 cm³/mol. The fourth-order valence-electron chi connectivity index (χ4n) is 4.08. The van der Waals surface area contributed by atoms with E-state index in [1.165, 1.54) is 15.9 Å². The molecule has 0 bridgehead atoms. The highest BCUT2D eigenvalue weighted by Crippen LogP contribution is 2.33. The van der Waals surface area contributed by atoms with Crippen LogP contribution in [-0.2, 0) is 11.4 Å². The van der Waals surface area contributed by atoms with Crippen molar-refractivity contribution in [3.05, 3.63) is 77.1 Å². The topological polar surface area (TPSA) is 63.5 Å². The van der Waals surface area contributed by atoms with E-state index >= 15 is 0 Å².